The van der Waals surface area contributed by atoms with Gasteiger partial charge in [0.15, 0.2) is 0 Å². The van der Waals surface area contributed by atoms with Gasteiger partial charge in [0, 0.05) is 13.2 Å². The van der Waals surface area contributed by atoms with Crippen LogP contribution >= 0.6 is 0 Å². The van der Waals surface area contributed by atoms with Crippen molar-refractivity contribution in [1.82, 2.24) is 14.5 Å². The maximum Gasteiger partial charge on any atom is 0.149 e. The number of pyridine rings is 1. The molecule has 0 unspecified atom stereocenters. The van der Waals surface area contributed by atoms with E-state index in [1.807, 2.05) is 33.9 Å². The summed E-state index contributed by atoms with van der Waals surface area (Å²) in [4.78, 5) is 8.98. The van der Waals surface area contributed by atoms with Crippen LogP contribution in [0.15, 0.2) is 36.7 Å². The van der Waals surface area contributed by atoms with Crippen molar-refractivity contribution in [2.24, 2.45) is 7.05 Å². The van der Waals surface area contributed by atoms with Gasteiger partial charge in [0.25, 0.3) is 0 Å². The van der Waals surface area contributed by atoms with Gasteiger partial charge < -0.3 is 9.30 Å². The second-order valence-electron chi connectivity index (χ2n) is 6.57. The third-order valence-electron chi connectivity index (χ3n) is 3.48. The van der Waals surface area contributed by atoms with Gasteiger partial charge in [-0.25, -0.2) is 4.98 Å². The predicted molar refractivity (Wildman–Crippen MR) is 89.1 cm³/mol. The van der Waals surface area contributed by atoms with Crippen molar-refractivity contribution in [3.8, 4) is 17.1 Å². The molecule has 0 fully saturated rings. The van der Waals surface area contributed by atoms with Crippen molar-refractivity contribution in [3.63, 3.8) is 0 Å². The van der Waals surface area contributed by atoms with Crippen molar-refractivity contribution in [2.45, 2.75) is 33.3 Å². The summed E-state index contributed by atoms with van der Waals surface area (Å²) in [5.74, 6) is 1.65. The Hall–Kier alpha value is -2.36. The monoisotopic (exact) mass is 295 g/mol. The highest BCUT2D eigenvalue weighted by Gasteiger charge is 2.19. The molecular formula is C18H21N3O. The zero-order valence-electron chi connectivity index (χ0n) is 13.7. The maximum absolute atomic E-state index is 6.05. The maximum atomic E-state index is 6.05. The van der Waals surface area contributed by atoms with Crippen LogP contribution in [0, 0.1) is 6.92 Å². The normalized spacial score (nSPS) is 11.9. The molecule has 0 amide bonds. The lowest BCUT2D eigenvalue weighted by molar-refractivity contribution is 0.131. The van der Waals surface area contributed by atoms with Crippen LogP contribution in [0.25, 0.3) is 22.4 Å². The number of benzene rings is 1. The van der Waals surface area contributed by atoms with E-state index in [1.54, 1.807) is 12.4 Å². The third kappa shape index (κ3) is 2.69. The zero-order chi connectivity index (χ0) is 15.9. The summed E-state index contributed by atoms with van der Waals surface area (Å²) in [5, 5.41) is 0. The SMILES string of the molecule is Cc1ccc2c(c1)nc(-c1ccncc1OC(C)(C)C)n2C. The number of fused-ring (bicyclic) bond motifs is 1. The Morgan fingerprint density at radius 3 is 2.64 bits per heavy atom. The highest BCUT2D eigenvalue weighted by molar-refractivity contribution is 5.82. The molecule has 0 saturated heterocycles. The van der Waals surface area contributed by atoms with E-state index >= 15 is 0 Å². The summed E-state index contributed by atoms with van der Waals surface area (Å²) in [6, 6.07) is 8.26. The smallest absolute Gasteiger partial charge is 0.149 e. The number of ether oxygens (including phenoxy) is 1. The molecule has 0 N–H and O–H groups in total. The van der Waals surface area contributed by atoms with E-state index in [0.717, 1.165) is 28.2 Å². The molecule has 2 heterocycles. The van der Waals surface area contributed by atoms with Gasteiger partial charge in [-0.3, -0.25) is 4.98 Å². The summed E-state index contributed by atoms with van der Waals surface area (Å²) in [5.41, 5.74) is 3.99. The first kappa shape index (κ1) is 14.6. The molecule has 0 aliphatic rings. The van der Waals surface area contributed by atoms with E-state index in [0.29, 0.717) is 0 Å². The number of hydrogen-bond donors (Lipinski definition) is 0. The van der Waals surface area contributed by atoms with Crippen LogP contribution in [0.1, 0.15) is 26.3 Å². The van der Waals surface area contributed by atoms with Gasteiger partial charge in [-0.05, 0) is 51.5 Å². The average Bonchev–Trinajstić information content (AvgIpc) is 2.74. The Labute approximate surface area is 130 Å². The molecule has 114 valence electrons. The molecule has 0 aliphatic carbocycles. The van der Waals surface area contributed by atoms with E-state index in [-0.39, 0.29) is 5.60 Å². The van der Waals surface area contributed by atoms with E-state index in [9.17, 15) is 0 Å². The lowest BCUT2D eigenvalue weighted by Gasteiger charge is -2.22. The minimum absolute atomic E-state index is 0.279. The Balaban J connectivity index is 2.18. The molecule has 2 aromatic heterocycles. The van der Waals surface area contributed by atoms with Crippen LogP contribution in [-0.2, 0) is 7.05 Å². The first-order valence-electron chi connectivity index (χ1n) is 7.42. The van der Waals surface area contributed by atoms with Crippen LogP contribution in [0.2, 0.25) is 0 Å². The lowest BCUT2D eigenvalue weighted by Crippen LogP contribution is -2.23. The summed E-state index contributed by atoms with van der Waals surface area (Å²) in [6.45, 7) is 8.17. The first-order chi connectivity index (χ1) is 10.3. The summed E-state index contributed by atoms with van der Waals surface area (Å²) in [6.07, 6.45) is 3.53. The molecule has 0 aliphatic heterocycles. The predicted octanol–water partition coefficient (Wildman–Crippen LogP) is 4.12. The standard InChI is InChI=1S/C18H21N3O/c1-12-6-7-15-14(10-12)20-17(21(15)5)13-8-9-19-11-16(13)22-18(2,3)4/h6-11H,1-5H3. The molecule has 22 heavy (non-hydrogen) atoms. The lowest BCUT2D eigenvalue weighted by atomic mass is 10.1. The van der Waals surface area contributed by atoms with Gasteiger partial charge in [-0.1, -0.05) is 6.07 Å². The summed E-state index contributed by atoms with van der Waals surface area (Å²) in [7, 11) is 2.03. The molecule has 4 heteroatoms. The minimum atomic E-state index is -0.279. The van der Waals surface area contributed by atoms with Crippen LogP contribution in [0.4, 0.5) is 0 Å². The highest BCUT2D eigenvalue weighted by Crippen LogP contribution is 2.32. The molecule has 1 aromatic carbocycles. The minimum Gasteiger partial charge on any atom is -0.486 e. The van der Waals surface area contributed by atoms with Gasteiger partial charge >= 0.3 is 0 Å². The Morgan fingerprint density at radius 2 is 1.91 bits per heavy atom. The van der Waals surface area contributed by atoms with Gasteiger partial charge in [-0.2, -0.15) is 0 Å². The second kappa shape index (κ2) is 5.13. The van der Waals surface area contributed by atoms with Gasteiger partial charge in [0.05, 0.1) is 22.8 Å². The van der Waals surface area contributed by atoms with Crippen LogP contribution in [-0.4, -0.2) is 20.1 Å². The first-order valence-corrected chi connectivity index (χ1v) is 7.42. The molecule has 0 radical (unpaired) electrons. The van der Waals surface area contributed by atoms with Crippen molar-refractivity contribution in [3.05, 3.63) is 42.2 Å². The topological polar surface area (TPSA) is 39.9 Å². The largest absolute Gasteiger partial charge is 0.486 e. The van der Waals surface area contributed by atoms with Crippen molar-refractivity contribution >= 4 is 11.0 Å². The fraction of sp³-hybridized carbons (Fsp3) is 0.333. The fourth-order valence-electron chi connectivity index (χ4n) is 2.53. The van der Waals surface area contributed by atoms with Gasteiger partial charge in [0.2, 0.25) is 0 Å². The summed E-state index contributed by atoms with van der Waals surface area (Å²) >= 11 is 0. The average molecular weight is 295 g/mol. The summed E-state index contributed by atoms with van der Waals surface area (Å²) < 4.78 is 8.14. The number of rotatable bonds is 2. The molecule has 0 bridgehead atoms. The molecule has 4 nitrogen and oxygen atoms in total. The van der Waals surface area contributed by atoms with E-state index < -0.39 is 0 Å². The van der Waals surface area contributed by atoms with Crippen molar-refractivity contribution < 1.29 is 4.74 Å². The highest BCUT2D eigenvalue weighted by atomic mass is 16.5. The zero-order valence-corrected chi connectivity index (χ0v) is 13.7. The molecule has 0 atom stereocenters. The number of imidazole rings is 1. The molecule has 0 spiro atoms. The van der Waals surface area contributed by atoms with Crippen molar-refractivity contribution in [1.29, 1.82) is 0 Å². The van der Waals surface area contributed by atoms with Gasteiger partial charge in [0.1, 0.15) is 17.2 Å². The Bertz CT molecular complexity index is 828. The second-order valence-corrected chi connectivity index (χ2v) is 6.57. The van der Waals surface area contributed by atoms with Gasteiger partial charge in [-0.15, -0.1) is 0 Å². The molecular weight excluding hydrogens is 274 g/mol. The molecule has 0 saturated carbocycles. The molecule has 3 aromatic rings. The van der Waals surface area contributed by atoms with E-state index in [4.69, 9.17) is 9.72 Å². The van der Waals surface area contributed by atoms with E-state index in [1.165, 1.54) is 5.56 Å². The van der Waals surface area contributed by atoms with Crippen LogP contribution in [0.3, 0.4) is 0 Å². The quantitative estimate of drug-likeness (QED) is 0.714. The number of nitrogens with zero attached hydrogens (tertiary/aromatic N) is 3. The third-order valence-corrected chi connectivity index (χ3v) is 3.48. The number of aromatic nitrogens is 3. The van der Waals surface area contributed by atoms with E-state index in [2.05, 4.69) is 34.7 Å². The van der Waals surface area contributed by atoms with Crippen LogP contribution in [0.5, 0.6) is 5.75 Å². The molecule has 3 rings (SSSR count). The Morgan fingerprint density at radius 1 is 1.14 bits per heavy atom. The number of aryl methyl sites for hydroxylation is 2. The van der Waals surface area contributed by atoms with Crippen molar-refractivity contribution in [2.75, 3.05) is 0 Å². The fourth-order valence-corrected chi connectivity index (χ4v) is 2.53. The Kier molecular flexibility index (Phi) is 3.39. The number of hydrogen-bond acceptors (Lipinski definition) is 3. The van der Waals surface area contributed by atoms with Crippen LogP contribution < -0.4 is 4.74 Å².